The maximum atomic E-state index is 6.03. The Morgan fingerprint density at radius 1 is 1.22 bits per heavy atom. The second kappa shape index (κ2) is 8.03. The van der Waals surface area contributed by atoms with Crippen molar-refractivity contribution in [2.45, 2.75) is 32.2 Å². The molecule has 102 valence electrons. The van der Waals surface area contributed by atoms with Crippen LogP contribution in [0.5, 0.6) is 5.75 Å². The summed E-state index contributed by atoms with van der Waals surface area (Å²) in [6.45, 7) is 5.79. The molecule has 0 spiro atoms. The van der Waals surface area contributed by atoms with E-state index in [4.69, 9.17) is 16.3 Å². The van der Waals surface area contributed by atoms with Crippen LogP contribution >= 0.6 is 27.5 Å². The molecule has 0 bridgehead atoms. The first-order valence-corrected chi connectivity index (χ1v) is 7.68. The Hall–Kier alpha value is -0.250. The number of rotatable bonds is 8. The van der Waals surface area contributed by atoms with Gasteiger partial charge in [-0.2, -0.15) is 0 Å². The predicted octanol–water partition coefficient (Wildman–Crippen LogP) is 4.22. The standard InChI is InChI=1S/C14H21BrClNO/c1-3-14(4-2,11-16)17-9-10-18-13-7-5-12(15)6-8-13/h5-8,17H,3-4,9-11H2,1-2H3. The molecule has 0 fully saturated rings. The smallest absolute Gasteiger partial charge is 0.119 e. The van der Waals surface area contributed by atoms with Crippen LogP contribution in [0.1, 0.15) is 26.7 Å². The van der Waals surface area contributed by atoms with Crippen molar-refractivity contribution in [3.05, 3.63) is 28.7 Å². The number of hydrogen-bond acceptors (Lipinski definition) is 2. The van der Waals surface area contributed by atoms with E-state index < -0.39 is 0 Å². The lowest BCUT2D eigenvalue weighted by Gasteiger charge is -2.30. The van der Waals surface area contributed by atoms with Gasteiger partial charge in [-0.1, -0.05) is 29.8 Å². The van der Waals surface area contributed by atoms with Gasteiger partial charge in [0, 0.05) is 22.4 Å². The molecule has 0 heterocycles. The number of benzene rings is 1. The summed E-state index contributed by atoms with van der Waals surface area (Å²) in [6, 6.07) is 7.87. The summed E-state index contributed by atoms with van der Waals surface area (Å²) in [6.07, 6.45) is 2.07. The van der Waals surface area contributed by atoms with Crippen molar-refractivity contribution in [2.75, 3.05) is 19.0 Å². The van der Waals surface area contributed by atoms with Crippen LogP contribution in [-0.4, -0.2) is 24.6 Å². The van der Waals surface area contributed by atoms with Crippen molar-refractivity contribution in [1.29, 1.82) is 0 Å². The summed E-state index contributed by atoms with van der Waals surface area (Å²) in [5.41, 5.74) is 0.0463. The van der Waals surface area contributed by atoms with Crippen molar-refractivity contribution >= 4 is 27.5 Å². The van der Waals surface area contributed by atoms with Crippen LogP contribution in [0.2, 0.25) is 0 Å². The highest BCUT2D eigenvalue weighted by molar-refractivity contribution is 9.10. The van der Waals surface area contributed by atoms with Gasteiger partial charge in [0.1, 0.15) is 12.4 Å². The third kappa shape index (κ3) is 4.79. The van der Waals surface area contributed by atoms with Gasteiger partial charge in [0.25, 0.3) is 0 Å². The minimum Gasteiger partial charge on any atom is -0.492 e. The first-order valence-electron chi connectivity index (χ1n) is 6.35. The van der Waals surface area contributed by atoms with E-state index in [-0.39, 0.29) is 5.54 Å². The first kappa shape index (κ1) is 15.8. The van der Waals surface area contributed by atoms with Crippen LogP contribution < -0.4 is 10.1 Å². The minimum absolute atomic E-state index is 0.0463. The Kier molecular flexibility index (Phi) is 7.05. The van der Waals surface area contributed by atoms with Crippen molar-refractivity contribution in [3.63, 3.8) is 0 Å². The van der Waals surface area contributed by atoms with Crippen molar-refractivity contribution in [2.24, 2.45) is 0 Å². The Morgan fingerprint density at radius 3 is 2.33 bits per heavy atom. The van der Waals surface area contributed by atoms with Crippen molar-refractivity contribution in [3.8, 4) is 5.75 Å². The fraction of sp³-hybridized carbons (Fsp3) is 0.571. The zero-order chi connectivity index (χ0) is 13.4. The number of alkyl halides is 1. The maximum absolute atomic E-state index is 6.03. The van der Waals surface area contributed by atoms with Crippen molar-refractivity contribution in [1.82, 2.24) is 5.32 Å². The lowest BCUT2D eigenvalue weighted by atomic mass is 9.95. The van der Waals surface area contributed by atoms with Crippen molar-refractivity contribution < 1.29 is 4.74 Å². The molecule has 0 aliphatic rings. The Bertz CT molecular complexity index is 330. The molecule has 4 heteroatoms. The average molecular weight is 335 g/mol. The molecular formula is C14H21BrClNO. The largest absolute Gasteiger partial charge is 0.492 e. The lowest BCUT2D eigenvalue weighted by Crippen LogP contribution is -2.47. The fourth-order valence-electron chi connectivity index (χ4n) is 1.75. The topological polar surface area (TPSA) is 21.3 Å². The number of halogens is 2. The molecule has 0 aliphatic heterocycles. The van der Waals surface area contributed by atoms with Gasteiger partial charge in [-0.25, -0.2) is 0 Å². The molecule has 1 aromatic rings. The third-order valence-electron chi connectivity index (χ3n) is 3.29. The van der Waals surface area contributed by atoms with E-state index in [2.05, 4.69) is 35.1 Å². The zero-order valence-electron chi connectivity index (χ0n) is 11.0. The Balaban J connectivity index is 2.31. The first-order chi connectivity index (χ1) is 8.65. The maximum Gasteiger partial charge on any atom is 0.119 e. The number of ether oxygens (including phenoxy) is 1. The van der Waals surface area contributed by atoms with Crippen LogP contribution in [0.4, 0.5) is 0 Å². The van der Waals surface area contributed by atoms with E-state index in [1.165, 1.54) is 0 Å². The Morgan fingerprint density at radius 2 is 1.83 bits per heavy atom. The van der Waals surface area contributed by atoms with E-state index in [0.717, 1.165) is 29.6 Å². The molecule has 0 saturated carbocycles. The fourth-order valence-corrected chi connectivity index (χ4v) is 2.49. The van der Waals surface area contributed by atoms with Gasteiger partial charge in [0.2, 0.25) is 0 Å². The molecule has 1 N–H and O–H groups in total. The van der Waals surface area contributed by atoms with E-state index in [9.17, 15) is 0 Å². The molecular weight excluding hydrogens is 314 g/mol. The molecule has 18 heavy (non-hydrogen) atoms. The molecule has 0 aromatic heterocycles. The highest BCUT2D eigenvalue weighted by Gasteiger charge is 2.23. The second-order valence-electron chi connectivity index (χ2n) is 4.35. The second-order valence-corrected chi connectivity index (χ2v) is 5.53. The molecule has 0 saturated heterocycles. The summed E-state index contributed by atoms with van der Waals surface area (Å²) < 4.78 is 6.72. The molecule has 1 aromatic carbocycles. The molecule has 0 radical (unpaired) electrons. The van der Waals surface area contributed by atoms with Crippen LogP contribution in [-0.2, 0) is 0 Å². The zero-order valence-corrected chi connectivity index (χ0v) is 13.4. The Labute approximate surface area is 123 Å². The van der Waals surface area contributed by atoms with E-state index in [1.54, 1.807) is 0 Å². The van der Waals surface area contributed by atoms with Crippen LogP contribution in [0.3, 0.4) is 0 Å². The van der Waals surface area contributed by atoms with E-state index in [1.807, 2.05) is 24.3 Å². The number of hydrogen-bond donors (Lipinski definition) is 1. The molecule has 2 nitrogen and oxygen atoms in total. The predicted molar refractivity (Wildman–Crippen MR) is 81.7 cm³/mol. The van der Waals surface area contributed by atoms with Gasteiger partial charge < -0.3 is 10.1 Å². The molecule has 0 amide bonds. The highest BCUT2D eigenvalue weighted by atomic mass is 79.9. The minimum atomic E-state index is 0.0463. The van der Waals surface area contributed by atoms with Gasteiger partial charge >= 0.3 is 0 Å². The van der Waals surface area contributed by atoms with Crippen LogP contribution in [0.25, 0.3) is 0 Å². The summed E-state index contributed by atoms with van der Waals surface area (Å²) in [5.74, 6) is 1.53. The van der Waals surface area contributed by atoms with Gasteiger partial charge in [0.05, 0.1) is 0 Å². The van der Waals surface area contributed by atoms with Gasteiger partial charge in [-0.3, -0.25) is 0 Å². The van der Waals surface area contributed by atoms with E-state index in [0.29, 0.717) is 12.5 Å². The van der Waals surface area contributed by atoms with Crippen LogP contribution in [0.15, 0.2) is 28.7 Å². The molecule has 0 atom stereocenters. The SMILES string of the molecule is CCC(CC)(CCl)NCCOc1ccc(Br)cc1. The highest BCUT2D eigenvalue weighted by Crippen LogP contribution is 2.17. The summed E-state index contributed by atoms with van der Waals surface area (Å²) in [4.78, 5) is 0. The summed E-state index contributed by atoms with van der Waals surface area (Å²) in [7, 11) is 0. The van der Waals surface area contributed by atoms with Gasteiger partial charge in [0.15, 0.2) is 0 Å². The van der Waals surface area contributed by atoms with Crippen LogP contribution in [0, 0.1) is 0 Å². The number of nitrogens with one attached hydrogen (secondary N) is 1. The normalized spacial score (nSPS) is 11.6. The summed E-state index contributed by atoms with van der Waals surface area (Å²) >= 11 is 9.43. The summed E-state index contributed by atoms with van der Waals surface area (Å²) in [5, 5.41) is 3.50. The average Bonchev–Trinajstić information content (AvgIpc) is 2.42. The lowest BCUT2D eigenvalue weighted by molar-refractivity contribution is 0.268. The van der Waals surface area contributed by atoms with Gasteiger partial charge in [-0.05, 0) is 37.1 Å². The van der Waals surface area contributed by atoms with E-state index >= 15 is 0 Å². The monoisotopic (exact) mass is 333 g/mol. The molecule has 0 aliphatic carbocycles. The quantitative estimate of drug-likeness (QED) is 0.568. The third-order valence-corrected chi connectivity index (χ3v) is 4.33. The molecule has 0 unspecified atom stereocenters. The van der Waals surface area contributed by atoms with Gasteiger partial charge in [-0.15, -0.1) is 11.6 Å². The molecule has 1 rings (SSSR count).